The zero-order valence-electron chi connectivity index (χ0n) is 10.0. The van der Waals surface area contributed by atoms with Crippen LogP contribution in [0.15, 0.2) is 18.2 Å². The van der Waals surface area contributed by atoms with E-state index in [0.29, 0.717) is 0 Å². The lowest BCUT2D eigenvalue weighted by atomic mass is 9.91. The smallest absolute Gasteiger partial charge is 0.255 e. The molecule has 1 aromatic rings. The SMILES string of the molecule is NC1CCC(NC(=O)c2ccc(F)cc2O)CC1. The van der Waals surface area contributed by atoms with Crippen LogP contribution in [0.2, 0.25) is 0 Å². The molecule has 0 aromatic heterocycles. The predicted octanol–water partition coefficient (Wildman–Crippen LogP) is 1.53. The van der Waals surface area contributed by atoms with Crippen molar-refractivity contribution in [3.05, 3.63) is 29.6 Å². The largest absolute Gasteiger partial charge is 0.507 e. The van der Waals surface area contributed by atoms with Gasteiger partial charge in [-0.2, -0.15) is 0 Å². The molecule has 1 aliphatic carbocycles. The lowest BCUT2D eigenvalue weighted by molar-refractivity contribution is 0.0923. The van der Waals surface area contributed by atoms with Gasteiger partial charge in [0.05, 0.1) is 5.56 Å². The van der Waals surface area contributed by atoms with Crippen molar-refractivity contribution in [2.75, 3.05) is 0 Å². The minimum absolute atomic E-state index is 0.0850. The molecule has 1 aromatic carbocycles. The summed E-state index contributed by atoms with van der Waals surface area (Å²) >= 11 is 0. The number of halogens is 1. The average Bonchev–Trinajstić information content (AvgIpc) is 2.32. The predicted molar refractivity (Wildman–Crippen MR) is 65.8 cm³/mol. The van der Waals surface area contributed by atoms with Crippen molar-refractivity contribution in [1.82, 2.24) is 5.32 Å². The molecule has 1 fully saturated rings. The van der Waals surface area contributed by atoms with E-state index in [1.54, 1.807) is 0 Å². The highest BCUT2D eigenvalue weighted by Gasteiger charge is 2.21. The van der Waals surface area contributed by atoms with Gasteiger partial charge in [-0.15, -0.1) is 0 Å². The highest BCUT2D eigenvalue weighted by atomic mass is 19.1. The van der Waals surface area contributed by atoms with Gasteiger partial charge in [0.1, 0.15) is 11.6 Å². The van der Waals surface area contributed by atoms with Crippen LogP contribution in [0.4, 0.5) is 4.39 Å². The zero-order chi connectivity index (χ0) is 13.1. The molecule has 0 aliphatic heterocycles. The maximum Gasteiger partial charge on any atom is 0.255 e. The van der Waals surface area contributed by atoms with Gasteiger partial charge < -0.3 is 16.2 Å². The Kier molecular flexibility index (Phi) is 3.81. The lowest BCUT2D eigenvalue weighted by Gasteiger charge is -2.26. The van der Waals surface area contributed by atoms with Crippen LogP contribution in [0.5, 0.6) is 5.75 Å². The van der Waals surface area contributed by atoms with Gasteiger partial charge in [-0.25, -0.2) is 4.39 Å². The van der Waals surface area contributed by atoms with E-state index in [2.05, 4.69) is 5.32 Å². The van der Waals surface area contributed by atoms with Crippen LogP contribution in [0.1, 0.15) is 36.0 Å². The molecule has 0 unspecified atom stereocenters. The molecule has 5 heteroatoms. The van der Waals surface area contributed by atoms with Crippen LogP contribution in [0.3, 0.4) is 0 Å². The molecule has 18 heavy (non-hydrogen) atoms. The van der Waals surface area contributed by atoms with Crippen molar-refractivity contribution in [3.63, 3.8) is 0 Å². The molecule has 1 saturated carbocycles. The first kappa shape index (κ1) is 12.8. The molecule has 2 rings (SSSR count). The molecule has 0 radical (unpaired) electrons. The number of hydrogen-bond donors (Lipinski definition) is 3. The van der Waals surface area contributed by atoms with Crippen molar-refractivity contribution in [2.45, 2.75) is 37.8 Å². The molecule has 4 N–H and O–H groups in total. The molecular weight excluding hydrogens is 235 g/mol. The third-order valence-electron chi connectivity index (χ3n) is 3.31. The Morgan fingerprint density at radius 1 is 1.33 bits per heavy atom. The van der Waals surface area contributed by atoms with E-state index in [4.69, 9.17) is 5.73 Å². The van der Waals surface area contributed by atoms with E-state index in [-0.39, 0.29) is 29.3 Å². The maximum absolute atomic E-state index is 12.8. The van der Waals surface area contributed by atoms with Crippen molar-refractivity contribution < 1.29 is 14.3 Å². The minimum atomic E-state index is -0.562. The number of rotatable bonds is 2. The van der Waals surface area contributed by atoms with Crippen LogP contribution in [0, 0.1) is 5.82 Å². The molecule has 1 amide bonds. The van der Waals surface area contributed by atoms with Gasteiger partial charge in [0.25, 0.3) is 5.91 Å². The summed E-state index contributed by atoms with van der Waals surface area (Å²) < 4.78 is 12.8. The van der Waals surface area contributed by atoms with E-state index in [1.807, 2.05) is 0 Å². The summed E-state index contributed by atoms with van der Waals surface area (Å²) in [6.45, 7) is 0. The number of carbonyl (C=O) groups excluding carboxylic acids is 1. The highest BCUT2D eigenvalue weighted by Crippen LogP contribution is 2.20. The van der Waals surface area contributed by atoms with Crippen LogP contribution in [-0.4, -0.2) is 23.1 Å². The summed E-state index contributed by atoms with van der Waals surface area (Å²) in [5.74, 6) is -1.26. The molecule has 1 aliphatic rings. The van der Waals surface area contributed by atoms with Crippen molar-refractivity contribution in [3.8, 4) is 5.75 Å². The third kappa shape index (κ3) is 2.98. The Hall–Kier alpha value is -1.62. The minimum Gasteiger partial charge on any atom is -0.507 e. The Labute approximate surface area is 105 Å². The molecule has 0 saturated heterocycles. The number of nitrogens with two attached hydrogens (primary N) is 1. The van der Waals surface area contributed by atoms with Gasteiger partial charge in [-0.1, -0.05) is 0 Å². The second-order valence-electron chi connectivity index (χ2n) is 4.75. The van der Waals surface area contributed by atoms with Gasteiger partial charge in [-0.3, -0.25) is 4.79 Å². The fourth-order valence-corrected chi connectivity index (χ4v) is 2.22. The molecule has 0 atom stereocenters. The second-order valence-corrected chi connectivity index (χ2v) is 4.75. The molecule has 0 spiro atoms. The summed E-state index contributed by atoms with van der Waals surface area (Å²) in [5.41, 5.74) is 5.89. The molecule has 4 nitrogen and oxygen atoms in total. The summed E-state index contributed by atoms with van der Waals surface area (Å²) in [7, 11) is 0. The number of carbonyl (C=O) groups is 1. The highest BCUT2D eigenvalue weighted by molar-refractivity contribution is 5.96. The number of benzene rings is 1. The number of hydrogen-bond acceptors (Lipinski definition) is 3. The first-order valence-corrected chi connectivity index (χ1v) is 6.11. The Morgan fingerprint density at radius 2 is 2.00 bits per heavy atom. The Bertz CT molecular complexity index is 443. The maximum atomic E-state index is 12.8. The summed E-state index contributed by atoms with van der Waals surface area (Å²) in [5, 5.41) is 12.4. The van der Waals surface area contributed by atoms with Crippen LogP contribution >= 0.6 is 0 Å². The molecule has 0 bridgehead atoms. The van der Waals surface area contributed by atoms with Crippen LogP contribution in [-0.2, 0) is 0 Å². The number of phenols is 1. The molecule has 0 heterocycles. The van der Waals surface area contributed by atoms with Gasteiger partial charge in [0.15, 0.2) is 0 Å². The monoisotopic (exact) mass is 252 g/mol. The first-order valence-electron chi connectivity index (χ1n) is 6.11. The van der Waals surface area contributed by atoms with Crippen molar-refractivity contribution in [1.29, 1.82) is 0 Å². The number of amides is 1. The number of phenolic OH excluding ortho intramolecular Hbond substituents is 1. The standard InChI is InChI=1S/C13H17FN2O2/c14-8-1-6-11(12(17)7-8)13(18)16-10-4-2-9(15)3-5-10/h1,6-7,9-10,17H,2-5,15H2,(H,16,18). The fraction of sp³-hybridized carbons (Fsp3) is 0.462. The first-order chi connectivity index (χ1) is 8.56. The Balaban J connectivity index is 1.99. The Morgan fingerprint density at radius 3 is 2.61 bits per heavy atom. The van der Waals surface area contributed by atoms with Crippen LogP contribution in [0.25, 0.3) is 0 Å². The van der Waals surface area contributed by atoms with E-state index in [1.165, 1.54) is 6.07 Å². The van der Waals surface area contributed by atoms with Gasteiger partial charge in [0.2, 0.25) is 0 Å². The van der Waals surface area contributed by atoms with Gasteiger partial charge in [0, 0.05) is 18.2 Å². The van der Waals surface area contributed by atoms with E-state index in [9.17, 15) is 14.3 Å². The number of aromatic hydroxyl groups is 1. The van der Waals surface area contributed by atoms with Gasteiger partial charge in [-0.05, 0) is 37.8 Å². The third-order valence-corrected chi connectivity index (χ3v) is 3.31. The molecular formula is C13H17FN2O2. The van der Waals surface area contributed by atoms with E-state index in [0.717, 1.165) is 37.8 Å². The average molecular weight is 252 g/mol. The van der Waals surface area contributed by atoms with Crippen molar-refractivity contribution >= 4 is 5.91 Å². The van der Waals surface area contributed by atoms with Gasteiger partial charge >= 0.3 is 0 Å². The zero-order valence-corrected chi connectivity index (χ0v) is 10.0. The summed E-state index contributed by atoms with van der Waals surface area (Å²) in [6.07, 6.45) is 3.46. The fourth-order valence-electron chi connectivity index (χ4n) is 2.22. The van der Waals surface area contributed by atoms with E-state index < -0.39 is 5.82 Å². The second kappa shape index (κ2) is 5.35. The summed E-state index contributed by atoms with van der Waals surface area (Å²) in [6, 6.07) is 3.69. The molecule has 98 valence electrons. The number of nitrogens with one attached hydrogen (secondary N) is 1. The quantitative estimate of drug-likeness (QED) is 0.747. The lowest BCUT2D eigenvalue weighted by Crippen LogP contribution is -2.40. The normalized spacial score (nSPS) is 23.7. The topological polar surface area (TPSA) is 75.3 Å². The van der Waals surface area contributed by atoms with E-state index >= 15 is 0 Å². The summed E-state index contributed by atoms with van der Waals surface area (Å²) in [4.78, 5) is 11.9. The van der Waals surface area contributed by atoms with Crippen LogP contribution < -0.4 is 11.1 Å². The van der Waals surface area contributed by atoms with Crippen molar-refractivity contribution in [2.24, 2.45) is 5.73 Å².